The lowest BCUT2D eigenvalue weighted by Crippen LogP contribution is -2.24. The van der Waals surface area contributed by atoms with Gasteiger partial charge in [-0.1, -0.05) is 42.5 Å². The predicted octanol–water partition coefficient (Wildman–Crippen LogP) is 3.69. The van der Waals surface area contributed by atoms with Gasteiger partial charge in [0, 0.05) is 6.54 Å². The number of hydrogen-bond donors (Lipinski definition) is 1. The van der Waals surface area contributed by atoms with Gasteiger partial charge in [-0.15, -0.1) is 0 Å². The zero-order chi connectivity index (χ0) is 13.3. The maximum Gasteiger partial charge on any atom is 0.407 e. The van der Waals surface area contributed by atoms with Gasteiger partial charge in [-0.25, -0.2) is 4.79 Å². The molecule has 0 aliphatic heterocycles. The van der Waals surface area contributed by atoms with E-state index in [0.717, 1.165) is 11.1 Å². The number of alkyl carbamates (subject to hydrolysis) is 1. The van der Waals surface area contributed by atoms with Crippen molar-refractivity contribution < 1.29 is 9.53 Å². The minimum absolute atomic E-state index is 0.293. The second-order valence-corrected chi connectivity index (χ2v) is 4.68. The fourth-order valence-electron chi connectivity index (χ4n) is 1.48. The average Bonchev–Trinajstić information content (AvgIpc) is 2.96. The third kappa shape index (κ3) is 4.97. The Hall–Kier alpha value is -2.07. The van der Waals surface area contributed by atoms with Crippen molar-refractivity contribution in [2.24, 2.45) is 0 Å². The van der Waals surface area contributed by atoms with Crippen LogP contribution in [0.2, 0.25) is 0 Å². The number of ether oxygens (including phenoxy) is 1. The first-order chi connectivity index (χ1) is 9.34. The van der Waals surface area contributed by atoms with E-state index in [1.54, 1.807) is 11.3 Å². The molecule has 2 aromatic rings. The zero-order valence-electron chi connectivity index (χ0n) is 10.4. The quantitative estimate of drug-likeness (QED) is 0.902. The molecule has 1 aromatic carbocycles. The van der Waals surface area contributed by atoms with E-state index in [1.807, 2.05) is 59.3 Å². The molecule has 0 aliphatic carbocycles. The second-order valence-electron chi connectivity index (χ2n) is 3.90. The Labute approximate surface area is 116 Å². The summed E-state index contributed by atoms with van der Waals surface area (Å²) >= 11 is 1.65. The van der Waals surface area contributed by atoms with Crippen molar-refractivity contribution in [3.63, 3.8) is 0 Å². The molecule has 0 atom stereocenters. The largest absolute Gasteiger partial charge is 0.445 e. The Kier molecular flexibility index (Phi) is 5.19. The standard InChI is InChI=1S/C15H15NO2S/c17-15(18-11-13-5-2-1-3-6-13)16-9-4-7-14-8-10-19-12-14/h1-8,10,12H,9,11H2,(H,16,17). The van der Waals surface area contributed by atoms with Crippen LogP contribution in [0.25, 0.3) is 6.08 Å². The van der Waals surface area contributed by atoms with Crippen LogP contribution >= 0.6 is 11.3 Å². The maximum absolute atomic E-state index is 11.4. The normalized spacial score (nSPS) is 10.5. The lowest BCUT2D eigenvalue weighted by Gasteiger charge is -2.05. The van der Waals surface area contributed by atoms with Gasteiger partial charge >= 0.3 is 6.09 Å². The first-order valence-corrected chi connectivity index (χ1v) is 6.92. The highest BCUT2D eigenvalue weighted by Crippen LogP contribution is 2.07. The number of amides is 1. The topological polar surface area (TPSA) is 38.3 Å². The van der Waals surface area contributed by atoms with Gasteiger partial charge in [-0.2, -0.15) is 11.3 Å². The smallest absolute Gasteiger partial charge is 0.407 e. The Balaban J connectivity index is 1.65. The second kappa shape index (κ2) is 7.38. The number of benzene rings is 1. The third-order valence-electron chi connectivity index (χ3n) is 2.43. The molecule has 0 fully saturated rings. The number of carbonyl (C=O) groups is 1. The molecule has 1 N–H and O–H groups in total. The molecule has 19 heavy (non-hydrogen) atoms. The van der Waals surface area contributed by atoms with Crippen molar-refractivity contribution in [3.05, 3.63) is 64.4 Å². The molecule has 3 nitrogen and oxygen atoms in total. The molecule has 1 amide bonds. The molecule has 98 valence electrons. The van der Waals surface area contributed by atoms with Gasteiger partial charge in [0.15, 0.2) is 0 Å². The van der Waals surface area contributed by atoms with Gasteiger partial charge in [0.2, 0.25) is 0 Å². The lowest BCUT2D eigenvalue weighted by molar-refractivity contribution is 0.141. The molecule has 0 bridgehead atoms. The molecule has 0 spiro atoms. The number of hydrogen-bond acceptors (Lipinski definition) is 3. The van der Waals surface area contributed by atoms with E-state index in [1.165, 1.54) is 0 Å². The number of rotatable bonds is 5. The van der Waals surface area contributed by atoms with Crippen LogP contribution in [0.5, 0.6) is 0 Å². The summed E-state index contributed by atoms with van der Waals surface area (Å²) in [6.45, 7) is 0.754. The van der Waals surface area contributed by atoms with Crippen LogP contribution in [0.1, 0.15) is 11.1 Å². The fourth-order valence-corrected chi connectivity index (χ4v) is 2.11. The molecule has 0 unspecified atom stereocenters. The Bertz CT molecular complexity index is 520. The predicted molar refractivity (Wildman–Crippen MR) is 78.0 cm³/mol. The summed E-state index contributed by atoms with van der Waals surface area (Å²) < 4.78 is 5.08. The molecule has 0 radical (unpaired) electrons. The summed E-state index contributed by atoms with van der Waals surface area (Å²) in [5, 5.41) is 6.73. The van der Waals surface area contributed by atoms with Crippen LogP contribution in [0.4, 0.5) is 4.79 Å². The number of carbonyl (C=O) groups excluding carboxylic acids is 1. The molecular weight excluding hydrogens is 258 g/mol. The van der Waals surface area contributed by atoms with E-state index in [0.29, 0.717) is 13.2 Å². The summed E-state index contributed by atoms with van der Waals surface area (Å²) in [6, 6.07) is 11.6. The molecule has 1 heterocycles. The minimum Gasteiger partial charge on any atom is -0.445 e. The van der Waals surface area contributed by atoms with Gasteiger partial charge < -0.3 is 10.1 Å². The number of thiophene rings is 1. The Morgan fingerprint density at radius 1 is 1.26 bits per heavy atom. The highest BCUT2D eigenvalue weighted by atomic mass is 32.1. The molecule has 0 saturated heterocycles. The Morgan fingerprint density at radius 3 is 2.84 bits per heavy atom. The zero-order valence-corrected chi connectivity index (χ0v) is 11.2. The molecule has 2 rings (SSSR count). The van der Waals surface area contributed by atoms with Crippen molar-refractivity contribution >= 4 is 23.5 Å². The van der Waals surface area contributed by atoms with Crippen LogP contribution in [-0.4, -0.2) is 12.6 Å². The summed E-state index contributed by atoms with van der Waals surface area (Å²) in [6.07, 6.45) is 3.46. The van der Waals surface area contributed by atoms with Crippen LogP contribution in [0.15, 0.2) is 53.2 Å². The maximum atomic E-state index is 11.4. The molecule has 1 aromatic heterocycles. The van der Waals surface area contributed by atoms with Crippen LogP contribution in [0.3, 0.4) is 0 Å². The summed E-state index contributed by atoms with van der Waals surface area (Å²) in [7, 11) is 0. The van der Waals surface area contributed by atoms with Crippen molar-refractivity contribution in [3.8, 4) is 0 Å². The lowest BCUT2D eigenvalue weighted by atomic mass is 10.2. The van der Waals surface area contributed by atoms with Crippen molar-refractivity contribution in [2.75, 3.05) is 6.54 Å². The van der Waals surface area contributed by atoms with Gasteiger partial charge in [0.05, 0.1) is 0 Å². The first kappa shape index (κ1) is 13.4. The highest BCUT2D eigenvalue weighted by molar-refractivity contribution is 7.08. The van der Waals surface area contributed by atoms with Gasteiger partial charge in [0.1, 0.15) is 6.61 Å². The van der Waals surface area contributed by atoms with Gasteiger partial charge in [0.25, 0.3) is 0 Å². The summed E-state index contributed by atoms with van der Waals surface area (Å²) in [5.41, 5.74) is 2.12. The van der Waals surface area contributed by atoms with E-state index in [4.69, 9.17) is 4.74 Å². The molecule has 0 aliphatic rings. The summed E-state index contributed by atoms with van der Waals surface area (Å²) in [4.78, 5) is 11.4. The SMILES string of the molecule is O=C(NCC=Cc1ccsc1)OCc1ccccc1. The Morgan fingerprint density at radius 2 is 2.11 bits per heavy atom. The van der Waals surface area contributed by atoms with E-state index < -0.39 is 6.09 Å². The van der Waals surface area contributed by atoms with E-state index in [9.17, 15) is 4.79 Å². The fraction of sp³-hybridized carbons (Fsp3) is 0.133. The van der Waals surface area contributed by atoms with E-state index in [-0.39, 0.29) is 0 Å². The van der Waals surface area contributed by atoms with Gasteiger partial charge in [-0.05, 0) is 28.0 Å². The van der Waals surface area contributed by atoms with Crippen molar-refractivity contribution in [2.45, 2.75) is 6.61 Å². The van der Waals surface area contributed by atoms with Crippen molar-refractivity contribution in [1.82, 2.24) is 5.32 Å². The molecular formula is C15H15NO2S. The average molecular weight is 273 g/mol. The van der Waals surface area contributed by atoms with Gasteiger partial charge in [-0.3, -0.25) is 0 Å². The van der Waals surface area contributed by atoms with Crippen LogP contribution < -0.4 is 5.32 Å². The summed E-state index contributed by atoms with van der Waals surface area (Å²) in [5.74, 6) is 0. The monoisotopic (exact) mass is 273 g/mol. The minimum atomic E-state index is -0.404. The van der Waals surface area contributed by atoms with Crippen molar-refractivity contribution in [1.29, 1.82) is 0 Å². The number of nitrogens with one attached hydrogen (secondary N) is 1. The molecule has 4 heteroatoms. The third-order valence-corrected chi connectivity index (χ3v) is 3.13. The highest BCUT2D eigenvalue weighted by Gasteiger charge is 1.99. The van der Waals surface area contributed by atoms with Crippen LogP contribution in [-0.2, 0) is 11.3 Å². The first-order valence-electron chi connectivity index (χ1n) is 5.98. The van der Waals surface area contributed by atoms with E-state index >= 15 is 0 Å². The van der Waals surface area contributed by atoms with E-state index in [2.05, 4.69) is 5.32 Å². The molecule has 0 saturated carbocycles. The van der Waals surface area contributed by atoms with Crippen LogP contribution in [0, 0.1) is 0 Å².